The van der Waals surface area contributed by atoms with E-state index < -0.39 is 0 Å². The van der Waals surface area contributed by atoms with E-state index in [0.717, 1.165) is 44.3 Å². The van der Waals surface area contributed by atoms with E-state index in [1.807, 2.05) is 24.1 Å². The topological polar surface area (TPSA) is 59.2 Å². The minimum atomic E-state index is -0.350. The molecular weight excluding hydrogens is 361 g/mol. The molecule has 2 aromatic rings. The van der Waals surface area contributed by atoms with Crippen molar-refractivity contribution in [2.24, 2.45) is 10.9 Å². The zero-order chi connectivity index (χ0) is 19.6. The van der Waals surface area contributed by atoms with Crippen molar-refractivity contribution in [3.05, 3.63) is 54.2 Å². The Balaban J connectivity index is 1.51. The van der Waals surface area contributed by atoms with Crippen LogP contribution in [-0.4, -0.2) is 57.4 Å². The minimum Gasteiger partial charge on any atom is -0.489 e. The van der Waals surface area contributed by atoms with Gasteiger partial charge in [-0.05, 0) is 30.7 Å². The summed E-state index contributed by atoms with van der Waals surface area (Å²) in [5.74, 6) is 2.11. The van der Waals surface area contributed by atoms with Gasteiger partial charge in [0, 0.05) is 39.1 Å². The lowest BCUT2D eigenvalue weighted by molar-refractivity contribution is 0.187. The summed E-state index contributed by atoms with van der Waals surface area (Å²) in [6.45, 7) is 3.97. The van der Waals surface area contributed by atoms with Crippen molar-refractivity contribution in [2.75, 3.05) is 46.5 Å². The smallest absolute Gasteiger partial charge is 0.193 e. The molecule has 1 aliphatic heterocycles. The van der Waals surface area contributed by atoms with E-state index >= 15 is 0 Å². The third-order valence-electron chi connectivity index (χ3n) is 4.64. The van der Waals surface area contributed by atoms with Crippen molar-refractivity contribution < 1.29 is 18.3 Å². The SMILES string of the molecule is CN(CCOc1ccccc1F)C(=NCC1CCOC1)NCCc1ccco1. The van der Waals surface area contributed by atoms with Crippen LogP contribution in [0.15, 0.2) is 52.1 Å². The average Bonchev–Trinajstić information content (AvgIpc) is 3.40. The molecule has 1 N–H and O–H groups in total. The molecule has 0 aliphatic carbocycles. The average molecular weight is 389 g/mol. The number of hydrogen-bond donors (Lipinski definition) is 1. The van der Waals surface area contributed by atoms with Crippen molar-refractivity contribution in [3.8, 4) is 5.75 Å². The standard InChI is InChI=1S/C21H28FN3O3/c1-25(11-14-28-20-7-3-2-6-19(20)22)21(24-15-17-9-13-26-16-17)23-10-8-18-5-4-12-27-18/h2-7,12,17H,8-11,13-16H2,1H3,(H,23,24). The van der Waals surface area contributed by atoms with E-state index in [-0.39, 0.29) is 11.6 Å². The highest BCUT2D eigenvalue weighted by molar-refractivity contribution is 5.79. The van der Waals surface area contributed by atoms with Crippen molar-refractivity contribution in [3.63, 3.8) is 0 Å². The normalized spacial score (nSPS) is 16.9. The van der Waals surface area contributed by atoms with Gasteiger partial charge < -0.3 is 24.1 Å². The van der Waals surface area contributed by atoms with Gasteiger partial charge in [0.1, 0.15) is 12.4 Å². The lowest BCUT2D eigenvalue weighted by Crippen LogP contribution is -2.42. The number of ether oxygens (including phenoxy) is 2. The summed E-state index contributed by atoms with van der Waals surface area (Å²) < 4.78 is 30.0. The van der Waals surface area contributed by atoms with E-state index in [2.05, 4.69) is 5.32 Å². The van der Waals surface area contributed by atoms with Gasteiger partial charge in [-0.15, -0.1) is 0 Å². The van der Waals surface area contributed by atoms with Crippen LogP contribution in [0.3, 0.4) is 0 Å². The second kappa shape index (κ2) is 10.7. The van der Waals surface area contributed by atoms with Crippen LogP contribution < -0.4 is 10.1 Å². The molecule has 0 saturated carbocycles. The molecule has 1 atom stereocenters. The Kier molecular flexibility index (Phi) is 7.72. The van der Waals surface area contributed by atoms with Crippen molar-refractivity contribution in [1.29, 1.82) is 0 Å². The maximum absolute atomic E-state index is 13.7. The minimum absolute atomic E-state index is 0.267. The third kappa shape index (κ3) is 6.27. The van der Waals surface area contributed by atoms with E-state index in [4.69, 9.17) is 18.9 Å². The quantitative estimate of drug-likeness (QED) is 0.528. The number of guanidine groups is 1. The Morgan fingerprint density at radius 3 is 2.96 bits per heavy atom. The van der Waals surface area contributed by atoms with Crippen LogP contribution in [0.5, 0.6) is 5.75 Å². The van der Waals surface area contributed by atoms with Crippen LogP contribution in [0.2, 0.25) is 0 Å². The highest BCUT2D eigenvalue weighted by Gasteiger charge is 2.16. The molecule has 6 nitrogen and oxygen atoms in total. The van der Waals surface area contributed by atoms with Crippen LogP contribution in [0.1, 0.15) is 12.2 Å². The Hall–Kier alpha value is -2.54. The first kappa shape index (κ1) is 20.2. The molecule has 1 unspecified atom stereocenters. The van der Waals surface area contributed by atoms with Gasteiger partial charge in [-0.3, -0.25) is 4.99 Å². The number of halogens is 1. The fourth-order valence-electron chi connectivity index (χ4n) is 2.97. The zero-order valence-corrected chi connectivity index (χ0v) is 16.3. The Morgan fingerprint density at radius 1 is 1.32 bits per heavy atom. The second-order valence-electron chi connectivity index (χ2n) is 6.85. The number of nitrogens with one attached hydrogen (secondary N) is 1. The summed E-state index contributed by atoms with van der Waals surface area (Å²) in [4.78, 5) is 6.76. The summed E-state index contributed by atoms with van der Waals surface area (Å²) >= 11 is 0. The predicted molar refractivity (Wildman–Crippen MR) is 106 cm³/mol. The van der Waals surface area contributed by atoms with Crippen LogP contribution in [0, 0.1) is 11.7 Å². The fourth-order valence-corrected chi connectivity index (χ4v) is 2.97. The molecule has 1 aromatic heterocycles. The van der Waals surface area contributed by atoms with E-state index in [9.17, 15) is 4.39 Å². The summed E-state index contributed by atoms with van der Waals surface area (Å²) in [7, 11) is 1.95. The molecule has 0 radical (unpaired) electrons. The zero-order valence-electron chi connectivity index (χ0n) is 16.3. The lowest BCUT2D eigenvalue weighted by atomic mass is 10.1. The van der Waals surface area contributed by atoms with Crippen LogP contribution in [0.25, 0.3) is 0 Å². The summed E-state index contributed by atoms with van der Waals surface area (Å²) in [5.41, 5.74) is 0. The molecule has 1 fully saturated rings. The lowest BCUT2D eigenvalue weighted by Gasteiger charge is -2.23. The summed E-state index contributed by atoms with van der Waals surface area (Å²) in [5, 5.41) is 3.39. The molecular formula is C21H28FN3O3. The highest BCUT2D eigenvalue weighted by atomic mass is 19.1. The molecule has 0 amide bonds. The Bertz CT molecular complexity index is 730. The van der Waals surface area contributed by atoms with Gasteiger partial charge in [-0.1, -0.05) is 12.1 Å². The highest BCUT2D eigenvalue weighted by Crippen LogP contribution is 2.15. The van der Waals surface area contributed by atoms with Gasteiger partial charge in [-0.25, -0.2) is 4.39 Å². The maximum Gasteiger partial charge on any atom is 0.193 e. The van der Waals surface area contributed by atoms with Crippen LogP contribution in [0.4, 0.5) is 4.39 Å². The third-order valence-corrected chi connectivity index (χ3v) is 4.64. The van der Waals surface area contributed by atoms with Crippen LogP contribution >= 0.6 is 0 Å². The number of likely N-dealkylation sites (N-methyl/N-ethyl adjacent to an activating group) is 1. The van der Waals surface area contributed by atoms with Gasteiger partial charge in [0.25, 0.3) is 0 Å². The molecule has 1 saturated heterocycles. The van der Waals surface area contributed by atoms with E-state index in [1.54, 1.807) is 24.5 Å². The number of nitrogens with zero attached hydrogens (tertiary/aromatic N) is 2. The molecule has 7 heteroatoms. The number of hydrogen-bond acceptors (Lipinski definition) is 4. The van der Waals surface area contributed by atoms with E-state index in [1.165, 1.54) is 6.07 Å². The van der Waals surface area contributed by atoms with Crippen molar-refractivity contribution in [2.45, 2.75) is 12.8 Å². The fraction of sp³-hybridized carbons (Fsp3) is 0.476. The number of aliphatic imine (C=N–C) groups is 1. The molecule has 1 aromatic carbocycles. The van der Waals surface area contributed by atoms with Gasteiger partial charge in [0.05, 0.1) is 19.4 Å². The van der Waals surface area contributed by atoms with Crippen LogP contribution in [-0.2, 0) is 11.2 Å². The predicted octanol–water partition coefficient (Wildman–Crippen LogP) is 2.95. The van der Waals surface area contributed by atoms with Crippen molar-refractivity contribution in [1.82, 2.24) is 10.2 Å². The molecule has 2 heterocycles. The molecule has 152 valence electrons. The first-order valence-electron chi connectivity index (χ1n) is 9.69. The number of benzene rings is 1. The summed E-state index contributed by atoms with van der Waals surface area (Å²) in [6.07, 6.45) is 3.50. The number of rotatable bonds is 9. The largest absolute Gasteiger partial charge is 0.489 e. The van der Waals surface area contributed by atoms with Gasteiger partial charge in [0.15, 0.2) is 17.5 Å². The Labute approximate surface area is 165 Å². The molecule has 1 aliphatic rings. The monoisotopic (exact) mass is 389 g/mol. The van der Waals surface area contributed by atoms with E-state index in [0.29, 0.717) is 25.6 Å². The maximum atomic E-state index is 13.7. The Morgan fingerprint density at radius 2 is 2.21 bits per heavy atom. The molecule has 3 rings (SSSR count). The number of furan rings is 1. The summed E-state index contributed by atoms with van der Waals surface area (Å²) in [6, 6.07) is 10.3. The molecule has 0 spiro atoms. The second-order valence-corrected chi connectivity index (χ2v) is 6.85. The molecule has 28 heavy (non-hydrogen) atoms. The first-order valence-corrected chi connectivity index (χ1v) is 9.69. The van der Waals surface area contributed by atoms with Crippen molar-refractivity contribution >= 4 is 5.96 Å². The molecule has 0 bridgehead atoms. The van der Waals surface area contributed by atoms with Gasteiger partial charge in [0.2, 0.25) is 0 Å². The van der Waals surface area contributed by atoms with Gasteiger partial charge in [-0.2, -0.15) is 0 Å². The van der Waals surface area contributed by atoms with Gasteiger partial charge >= 0.3 is 0 Å². The number of para-hydroxylation sites is 1. The first-order chi connectivity index (χ1) is 13.7.